The molecule has 1 saturated carbocycles. The van der Waals surface area contributed by atoms with E-state index < -0.39 is 23.9 Å². The highest BCUT2D eigenvalue weighted by Crippen LogP contribution is 2.35. The first-order valence-corrected chi connectivity index (χ1v) is 24.7. The molecule has 2 aliphatic heterocycles. The number of unbranched alkanes of at least 4 members (excludes halogenated alkanes) is 3. The molecular formula is C40H62N2O9SSi. The summed E-state index contributed by atoms with van der Waals surface area (Å²) in [6.45, 7) is 14.9. The summed E-state index contributed by atoms with van der Waals surface area (Å²) in [6.07, 6.45) is 8.28. The van der Waals surface area contributed by atoms with Crippen molar-refractivity contribution in [3.63, 3.8) is 0 Å². The number of hydrogen-bond acceptors (Lipinski definition) is 9. The van der Waals surface area contributed by atoms with Crippen LogP contribution in [0.25, 0.3) is 0 Å². The maximum atomic E-state index is 13.9. The van der Waals surface area contributed by atoms with E-state index in [1.54, 1.807) is 27.4 Å². The summed E-state index contributed by atoms with van der Waals surface area (Å²) >= 11 is 0. The Morgan fingerprint density at radius 3 is 2.47 bits per heavy atom. The van der Waals surface area contributed by atoms with Crippen molar-refractivity contribution in [1.82, 2.24) is 9.21 Å². The third-order valence-corrected chi connectivity index (χ3v) is 13.7. The average Bonchev–Trinajstić information content (AvgIpc) is 3.49. The first-order chi connectivity index (χ1) is 25.3. The Kier molecular flexibility index (Phi) is 15.2. The third kappa shape index (κ3) is 12.8. The molecule has 11 nitrogen and oxygen atoms in total. The molecule has 2 aromatic carbocycles. The van der Waals surface area contributed by atoms with Crippen molar-refractivity contribution >= 4 is 24.2 Å². The molecule has 296 valence electrons. The molecule has 0 aromatic heterocycles. The molecule has 1 amide bonds. The van der Waals surface area contributed by atoms with Gasteiger partial charge in [0.15, 0.2) is 0 Å². The third-order valence-electron chi connectivity index (χ3n) is 10.1. The van der Waals surface area contributed by atoms with E-state index in [2.05, 4.69) is 19.6 Å². The molecule has 1 saturated heterocycles. The smallest absolute Gasteiger partial charge is 0.410 e. The zero-order valence-electron chi connectivity index (χ0n) is 32.6. The van der Waals surface area contributed by atoms with E-state index in [0.717, 1.165) is 86.3 Å². The molecular weight excluding hydrogens is 713 g/mol. The Bertz CT molecular complexity index is 1580. The molecule has 0 N–H and O–H groups in total. The Balaban J connectivity index is 0.947. The molecule has 5 rings (SSSR count). The van der Waals surface area contributed by atoms with Gasteiger partial charge in [0.25, 0.3) is 0 Å². The van der Waals surface area contributed by atoms with Crippen LogP contribution in [0.2, 0.25) is 25.7 Å². The maximum Gasteiger partial charge on any atom is 0.410 e. The number of amides is 1. The molecule has 0 unspecified atom stereocenters. The van der Waals surface area contributed by atoms with Crippen LogP contribution in [0.3, 0.4) is 0 Å². The molecule has 0 radical (unpaired) electrons. The van der Waals surface area contributed by atoms with Gasteiger partial charge in [0, 0.05) is 53.3 Å². The van der Waals surface area contributed by atoms with Crippen LogP contribution in [0.4, 0.5) is 4.79 Å². The molecule has 13 heteroatoms. The van der Waals surface area contributed by atoms with Crippen LogP contribution in [-0.4, -0.2) is 89.9 Å². The first kappa shape index (κ1) is 41.6. The Hall–Kier alpha value is -2.52. The zero-order chi connectivity index (χ0) is 37.9. The minimum atomic E-state index is -3.71. The number of rotatable bonds is 21. The largest absolute Gasteiger partial charge is 0.463 e. The van der Waals surface area contributed by atoms with Crippen molar-refractivity contribution < 1.29 is 41.6 Å². The van der Waals surface area contributed by atoms with Gasteiger partial charge in [-0.15, -0.1) is 0 Å². The van der Waals surface area contributed by atoms with Gasteiger partial charge in [-0.25, -0.2) is 13.2 Å². The minimum Gasteiger partial charge on any atom is -0.463 e. The normalized spacial score (nSPS) is 19.3. The summed E-state index contributed by atoms with van der Waals surface area (Å²) in [5, 5.41) is 0. The van der Waals surface area contributed by atoms with Crippen molar-refractivity contribution in [2.75, 3.05) is 46.2 Å². The molecule has 0 bridgehead atoms. The van der Waals surface area contributed by atoms with Crippen LogP contribution in [0.15, 0.2) is 47.4 Å². The highest BCUT2D eigenvalue weighted by molar-refractivity contribution is 7.89. The second-order valence-corrected chi connectivity index (χ2v) is 23.7. The van der Waals surface area contributed by atoms with Crippen molar-refractivity contribution in [3.05, 3.63) is 59.2 Å². The van der Waals surface area contributed by atoms with E-state index in [0.29, 0.717) is 57.6 Å². The van der Waals surface area contributed by atoms with Gasteiger partial charge in [-0.2, -0.15) is 4.31 Å². The number of carbonyl (C=O) groups is 1. The second kappa shape index (κ2) is 19.4. The van der Waals surface area contributed by atoms with Gasteiger partial charge in [-0.1, -0.05) is 69.9 Å². The lowest BCUT2D eigenvalue weighted by Gasteiger charge is -2.33. The summed E-state index contributed by atoms with van der Waals surface area (Å²) < 4.78 is 64.3. The number of benzene rings is 2. The first-order valence-electron chi connectivity index (χ1n) is 19.6. The second-order valence-electron chi connectivity index (χ2n) is 16.2. The number of ether oxygens (including phenoxy) is 6. The van der Waals surface area contributed by atoms with Crippen LogP contribution in [0.5, 0.6) is 5.75 Å². The van der Waals surface area contributed by atoms with Gasteiger partial charge in [-0.05, 0) is 67.1 Å². The fourth-order valence-electron chi connectivity index (χ4n) is 6.90. The van der Waals surface area contributed by atoms with E-state index in [1.165, 1.54) is 0 Å². The minimum absolute atomic E-state index is 0.0269. The summed E-state index contributed by atoms with van der Waals surface area (Å²) in [6, 6.07) is 14.0. The van der Waals surface area contributed by atoms with Crippen LogP contribution >= 0.6 is 0 Å². The number of nitrogens with zero attached hydrogens (tertiary/aromatic N) is 2. The SMILES string of the molecule is CC1(C)OCc2cc([C@@H]3CN(CCCCCCOCCOCc4cccc(S(=O)(=O)N(COCC[Si](C)(C)C)C5CCCCC5)c4)C(=O)O3)ccc2O1. The van der Waals surface area contributed by atoms with Crippen molar-refractivity contribution in [2.45, 2.75) is 133 Å². The molecule has 2 heterocycles. The van der Waals surface area contributed by atoms with Crippen LogP contribution in [0.1, 0.15) is 94.4 Å². The van der Waals surface area contributed by atoms with Crippen LogP contribution in [0, 0.1) is 0 Å². The number of carbonyl (C=O) groups excluding carboxylic acids is 1. The molecule has 3 aliphatic rings. The number of cyclic esters (lactones) is 1. The van der Waals surface area contributed by atoms with Crippen LogP contribution < -0.4 is 4.74 Å². The highest BCUT2D eigenvalue weighted by Gasteiger charge is 2.35. The van der Waals surface area contributed by atoms with E-state index >= 15 is 0 Å². The molecule has 2 aromatic rings. The topological polar surface area (TPSA) is 113 Å². The summed E-state index contributed by atoms with van der Waals surface area (Å²) in [4.78, 5) is 14.6. The van der Waals surface area contributed by atoms with Crippen LogP contribution in [-0.2, 0) is 46.9 Å². The summed E-state index contributed by atoms with van der Waals surface area (Å²) in [5.41, 5.74) is 2.74. The van der Waals surface area contributed by atoms with E-state index in [9.17, 15) is 13.2 Å². The summed E-state index contributed by atoms with van der Waals surface area (Å²) in [5.74, 6) is 0.167. The number of fused-ring (bicyclic) bond motifs is 1. The molecule has 2 fully saturated rings. The molecule has 53 heavy (non-hydrogen) atoms. The van der Waals surface area contributed by atoms with E-state index in [4.69, 9.17) is 28.4 Å². The van der Waals surface area contributed by atoms with Crippen molar-refractivity contribution in [3.8, 4) is 5.75 Å². The lowest BCUT2D eigenvalue weighted by atomic mass is 9.96. The monoisotopic (exact) mass is 774 g/mol. The predicted molar refractivity (Wildman–Crippen MR) is 207 cm³/mol. The Morgan fingerprint density at radius 2 is 1.68 bits per heavy atom. The lowest BCUT2D eigenvalue weighted by Crippen LogP contribution is -2.43. The lowest BCUT2D eigenvalue weighted by molar-refractivity contribution is -0.180. The fourth-order valence-corrected chi connectivity index (χ4v) is 9.29. The molecule has 1 atom stereocenters. The fraction of sp³-hybridized carbons (Fsp3) is 0.675. The van der Waals surface area contributed by atoms with Gasteiger partial charge in [0.2, 0.25) is 15.8 Å². The predicted octanol–water partition coefficient (Wildman–Crippen LogP) is 8.25. The van der Waals surface area contributed by atoms with Crippen molar-refractivity contribution in [2.24, 2.45) is 0 Å². The zero-order valence-corrected chi connectivity index (χ0v) is 34.4. The molecule has 1 aliphatic carbocycles. The van der Waals surface area contributed by atoms with Gasteiger partial charge in [-0.3, -0.25) is 0 Å². The number of hydrogen-bond donors (Lipinski definition) is 0. The Labute approximate surface area is 318 Å². The van der Waals surface area contributed by atoms with Gasteiger partial charge < -0.3 is 33.3 Å². The quantitative estimate of drug-likeness (QED) is 0.0703. The van der Waals surface area contributed by atoms with Gasteiger partial charge >= 0.3 is 6.09 Å². The van der Waals surface area contributed by atoms with Gasteiger partial charge in [0.05, 0.1) is 37.9 Å². The Morgan fingerprint density at radius 1 is 0.906 bits per heavy atom. The van der Waals surface area contributed by atoms with Crippen molar-refractivity contribution in [1.29, 1.82) is 0 Å². The number of sulfonamides is 1. The highest BCUT2D eigenvalue weighted by atomic mass is 32.2. The van der Waals surface area contributed by atoms with Gasteiger partial charge in [0.1, 0.15) is 18.6 Å². The molecule has 0 spiro atoms. The summed E-state index contributed by atoms with van der Waals surface area (Å²) in [7, 11) is -4.99. The van der Waals surface area contributed by atoms with E-state index in [1.807, 2.05) is 38.1 Å². The maximum absolute atomic E-state index is 13.9. The van der Waals surface area contributed by atoms with E-state index in [-0.39, 0.29) is 25.0 Å². The standard InChI is InChI=1S/C40H62N2O9SSi/c1-40(2)49-30-34-27-33(18-19-37(34)51-40)38-28-41(39(43)50-38)20-11-6-7-12-21-46-22-23-47-29-32-14-13-17-36(26-32)52(44,45)42(35-15-9-8-10-16-35)31-48-24-25-53(3,4)5/h13-14,17-19,26-27,35,38H,6-12,15-16,20-25,28-31H2,1-5H3/t38-/m0/s1. The average molecular weight is 775 g/mol.